The van der Waals surface area contributed by atoms with Gasteiger partial charge in [-0.15, -0.1) is 0 Å². The van der Waals surface area contributed by atoms with Crippen LogP contribution in [0, 0.1) is 41.3 Å². The summed E-state index contributed by atoms with van der Waals surface area (Å²) in [5.74, 6) is -3.10. The largest absolute Gasteiger partial charge is 0.511 e. The standard InChI is InChI=1S/C28H38FNO8/c1-14(2)19-10-5-15(3)11-21(19)38-27(34)37-16(4)36-26(33)28(30)22(12-20-23(24(20)28)25(31)32)35-13-17-6-8-18(29)9-7-17/h6-9,14-16,19-24H,5,10-13,30H2,1-4H3,(H,31,32)/t15-,16?,19+,20+,21-,22-,23+,24+,28+/m1/s1. The van der Waals surface area contributed by atoms with Crippen molar-refractivity contribution in [3.05, 3.63) is 35.6 Å². The van der Waals surface area contributed by atoms with E-state index in [1.807, 2.05) is 0 Å². The Kier molecular flexibility index (Phi) is 8.32. The molecule has 0 spiro atoms. The maximum absolute atomic E-state index is 13.3. The highest BCUT2D eigenvalue weighted by Crippen LogP contribution is 2.62. The number of carboxylic acids is 1. The first-order valence-corrected chi connectivity index (χ1v) is 13.4. The Morgan fingerprint density at radius 2 is 1.79 bits per heavy atom. The third kappa shape index (κ3) is 5.81. The van der Waals surface area contributed by atoms with Crippen molar-refractivity contribution >= 4 is 18.1 Å². The third-order valence-corrected chi connectivity index (χ3v) is 8.49. The predicted octanol–water partition coefficient (Wildman–Crippen LogP) is 4.26. The van der Waals surface area contributed by atoms with E-state index in [4.69, 9.17) is 24.7 Å². The first-order chi connectivity index (χ1) is 17.9. The van der Waals surface area contributed by atoms with Gasteiger partial charge in [0.05, 0.1) is 18.6 Å². The number of carbonyl (C=O) groups is 3. The molecule has 0 aliphatic heterocycles. The fourth-order valence-corrected chi connectivity index (χ4v) is 6.38. The number of esters is 1. The van der Waals surface area contributed by atoms with E-state index in [1.54, 1.807) is 12.1 Å². The van der Waals surface area contributed by atoms with E-state index in [0.29, 0.717) is 17.4 Å². The van der Waals surface area contributed by atoms with Gasteiger partial charge < -0.3 is 29.8 Å². The summed E-state index contributed by atoms with van der Waals surface area (Å²) >= 11 is 0. The zero-order chi connectivity index (χ0) is 27.8. The van der Waals surface area contributed by atoms with Gasteiger partial charge in [0.25, 0.3) is 0 Å². The molecule has 1 aromatic carbocycles. The van der Waals surface area contributed by atoms with E-state index >= 15 is 0 Å². The molecule has 3 aliphatic carbocycles. The summed E-state index contributed by atoms with van der Waals surface area (Å²) in [5, 5.41) is 9.56. The highest BCUT2D eigenvalue weighted by atomic mass is 19.1. The Bertz CT molecular complexity index is 1030. The van der Waals surface area contributed by atoms with Crippen LogP contribution in [0.15, 0.2) is 24.3 Å². The normalized spacial score (nSPS) is 34.8. The van der Waals surface area contributed by atoms with Gasteiger partial charge in [-0.3, -0.25) is 4.79 Å². The minimum atomic E-state index is -1.74. The van der Waals surface area contributed by atoms with Gasteiger partial charge in [0, 0.05) is 12.8 Å². The zero-order valence-electron chi connectivity index (χ0n) is 22.3. The monoisotopic (exact) mass is 535 g/mol. The van der Waals surface area contributed by atoms with Crippen LogP contribution < -0.4 is 5.73 Å². The Balaban J connectivity index is 1.38. The summed E-state index contributed by atoms with van der Waals surface area (Å²) in [6, 6.07) is 5.70. The maximum atomic E-state index is 13.3. The number of nitrogens with two attached hydrogens (primary N) is 1. The number of carbonyl (C=O) groups excluding carboxylic acids is 2. The van der Waals surface area contributed by atoms with Crippen LogP contribution in [-0.2, 0) is 35.1 Å². The molecule has 0 bridgehead atoms. The van der Waals surface area contributed by atoms with E-state index in [-0.39, 0.29) is 36.8 Å². The molecule has 10 heteroatoms. The first kappa shape index (κ1) is 28.3. The van der Waals surface area contributed by atoms with Crippen molar-refractivity contribution in [1.29, 1.82) is 0 Å². The van der Waals surface area contributed by atoms with Gasteiger partial charge in [0.2, 0.25) is 6.29 Å². The second-order valence-electron chi connectivity index (χ2n) is 11.5. The molecule has 3 N–H and O–H groups in total. The lowest BCUT2D eigenvalue weighted by Gasteiger charge is -2.36. The summed E-state index contributed by atoms with van der Waals surface area (Å²) in [4.78, 5) is 37.5. The molecule has 4 rings (SSSR count). The SMILES string of the molecule is CC(OC(=O)O[C@@H]1C[C@H](C)CC[C@H]1C(C)C)OC(=O)[C@@]1(N)[C@H]2[C@@H](C[C@H]1OCc1ccc(F)cc1)[C@@H]2C(=O)O. The van der Waals surface area contributed by atoms with E-state index in [2.05, 4.69) is 20.8 Å². The summed E-state index contributed by atoms with van der Waals surface area (Å²) in [5.41, 5.74) is 5.48. The van der Waals surface area contributed by atoms with Gasteiger partial charge in [-0.25, -0.2) is 14.0 Å². The molecular formula is C28H38FNO8. The number of fused-ring (bicyclic) bond motifs is 1. The van der Waals surface area contributed by atoms with Gasteiger partial charge in [0.1, 0.15) is 17.5 Å². The summed E-state index contributed by atoms with van der Waals surface area (Å²) in [6.07, 6.45) is -0.278. The molecule has 0 heterocycles. The minimum Gasteiger partial charge on any atom is -0.481 e. The van der Waals surface area contributed by atoms with Gasteiger partial charge in [-0.1, -0.05) is 39.3 Å². The number of hydrogen-bond acceptors (Lipinski definition) is 8. The molecule has 0 radical (unpaired) electrons. The van der Waals surface area contributed by atoms with E-state index < -0.39 is 47.9 Å². The molecule has 1 unspecified atom stereocenters. The number of aliphatic carboxylic acids is 1. The van der Waals surface area contributed by atoms with Gasteiger partial charge in [-0.05, 0) is 60.6 Å². The fourth-order valence-electron chi connectivity index (χ4n) is 6.38. The Morgan fingerprint density at radius 1 is 1.11 bits per heavy atom. The zero-order valence-corrected chi connectivity index (χ0v) is 22.3. The average molecular weight is 536 g/mol. The molecule has 3 fully saturated rings. The van der Waals surface area contributed by atoms with Crippen LogP contribution in [0.2, 0.25) is 0 Å². The number of halogens is 1. The number of hydrogen-bond donors (Lipinski definition) is 2. The molecular weight excluding hydrogens is 497 g/mol. The van der Waals surface area contributed by atoms with Crippen molar-refractivity contribution in [2.24, 2.45) is 41.2 Å². The van der Waals surface area contributed by atoms with Crippen molar-refractivity contribution in [2.45, 2.75) is 84.0 Å². The summed E-state index contributed by atoms with van der Waals surface area (Å²) < 4.78 is 35.4. The van der Waals surface area contributed by atoms with Crippen LogP contribution in [0.4, 0.5) is 9.18 Å². The molecule has 9 nitrogen and oxygen atoms in total. The number of benzene rings is 1. The molecule has 0 aromatic heterocycles. The third-order valence-electron chi connectivity index (χ3n) is 8.49. The average Bonchev–Trinajstić information content (AvgIpc) is 3.49. The summed E-state index contributed by atoms with van der Waals surface area (Å²) in [6.45, 7) is 7.76. The van der Waals surface area contributed by atoms with Crippen LogP contribution in [0.1, 0.15) is 58.9 Å². The van der Waals surface area contributed by atoms with Crippen molar-refractivity contribution in [1.82, 2.24) is 0 Å². The molecule has 1 aromatic rings. The Hall–Kier alpha value is -2.72. The molecule has 3 aliphatic rings. The van der Waals surface area contributed by atoms with Crippen LogP contribution in [0.5, 0.6) is 0 Å². The van der Waals surface area contributed by atoms with Gasteiger partial charge in [0.15, 0.2) is 0 Å². The van der Waals surface area contributed by atoms with E-state index in [0.717, 1.165) is 19.3 Å². The lowest BCUT2D eigenvalue weighted by atomic mass is 9.75. The Labute approximate surface area is 222 Å². The number of carboxylic acid groups (broad SMARTS) is 1. The number of rotatable bonds is 9. The molecule has 0 saturated heterocycles. The van der Waals surface area contributed by atoms with Crippen molar-refractivity contribution in [3.8, 4) is 0 Å². The second-order valence-corrected chi connectivity index (χ2v) is 11.5. The van der Waals surface area contributed by atoms with Crippen LogP contribution in [0.25, 0.3) is 0 Å². The number of ether oxygens (including phenoxy) is 4. The van der Waals surface area contributed by atoms with Crippen molar-refractivity contribution < 1.29 is 42.8 Å². The minimum absolute atomic E-state index is 0.0591. The first-order valence-electron chi connectivity index (χ1n) is 13.4. The maximum Gasteiger partial charge on any atom is 0.511 e. The smallest absolute Gasteiger partial charge is 0.481 e. The van der Waals surface area contributed by atoms with E-state index in [1.165, 1.54) is 19.1 Å². The van der Waals surface area contributed by atoms with Gasteiger partial charge in [-0.2, -0.15) is 0 Å². The molecule has 210 valence electrons. The van der Waals surface area contributed by atoms with Crippen molar-refractivity contribution in [3.63, 3.8) is 0 Å². The lowest BCUT2D eigenvalue weighted by Crippen LogP contribution is -2.60. The van der Waals surface area contributed by atoms with Crippen LogP contribution >= 0.6 is 0 Å². The summed E-state index contributed by atoms with van der Waals surface area (Å²) in [7, 11) is 0. The topological polar surface area (TPSA) is 134 Å². The fraction of sp³-hybridized carbons (Fsp3) is 0.679. The van der Waals surface area contributed by atoms with Gasteiger partial charge >= 0.3 is 18.1 Å². The van der Waals surface area contributed by atoms with Crippen molar-refractivity contribution in [2.75, 3.05) is 0 Å². The lowest BCUT2D eigenvalue weighted by molar-refractivity contribution is -0.183. The van der Waals surface area contributed by atoms with Crippen LogP contribution in [0.3, 0.4) is 0 Å². The molecule has 0 amide bonds. The molecule has 3 saturated carbocycles. The van der Waals surface area contributed by atoms with Crippen LogP contribution in [-0.4, -0.2) is 47.2 Å². The predicted molar refractivity (Wildman–Crippen MR) is 133 cm³/mol. The van der Waals surface area contributed by atoms with E-state index in [9.17, 15) is 23.9 Å². The quantitative estimate of drug-likeness (QED) is 0.351. The molecule has 38 heavy (non-hydrogen) atoms. The Morgan fingerprint density at radius 3 is 2.42 bits per heavy atom. The second kappa shape index (κ2) is 11.2. The highest BCUT2D eigenvalue weighted by Gasteiger charge is 2.75. The molecule has 9 atom stereocenters. The highest BCUT2D eigenvalue weighted by molar-refractivity contribution is 5.87.